The third-order valence-corrected chi connectivity index (χ3v) is 3.42. The molecule has 1 aliphatic heterocycles. The number of nitrogens with zero attached hydrogens (tertiary/aromatic N) is 1. The van der Waals surface area contributed by atoms with Crippen molar-refractivity contribution in [3.8, 4) is 11.3 Å². The summed E-state index contributed by atoms with van der Waals surface area (Å²) in [5.74, 6) is 1.04. The van der Waals surface area contributed by atoms with Crippen molar-refractivity contribution in [1.29, 1.82) is 0 Å². The maximum Gasteiger partial charge on any atom is 0.227 e. The molecule has 3 heteroatoms. The van der Waals surface area contributed by atoms with Crippen molar-refractivity contribution in [1.82, 2.24) is 0 Å². The first-order valence-corrected chi connectivity index (χ1v) is 6.22. The molecule has 3 nitrogen and oxygen atoms in total. The normalized spacial score (nSPS) is 19.5. The average molecular weight is 241 g/mol. The maximum absolute atomic E-state index is 11.9. The van der Waals surface area contributed by atoms with Crippen LogP contribution >= 0.6 is 0 Å². The quantitative estimate of drug-likeness (QED) is 0.806. The molecule has 1 amide bonds. The molecule has 1 aromatic heterocycles. The number of furan rings is 1. The lowest BCUT2D eigenvalue weighted by molar-refractivity contribution is -0.117. The summed E-state index contributed by atoms with van der Waals surface area (Å²) < 4.78 is 5.39. The van der Waals surface area contributed by atoms with Crippen LogP contribution in [0.4, 0.5) is 5.69 Å². The molecule has 2 heterocycles. The van der Waals surface area contributed by atoms with Gasteiger partial charge in [0.15, 0.2) is 0 Å². The van der Waals surface area contributed by atoms with Crippen LogP contribution in [0.2, 0.25) is 0 Å². The van der Waals surface area contributed by atoms with Crippen molar-refractivity contribution >= 4 is 11.6 Å². The van der Waals surface area contributed by atoms with E-state index in [0.29, 0.717) is 6.42 Å². The molecule has 1 saturated heterocycles. The largest absolute Gasteiger partial charge is 0.464 e. The van der Waals surface area contributed by atoms with Gasteiger partial charge in [0.05, 0.1) is 6.26 Å². The van der Waals surface area contributed by atoms with E-state index in [2.05, 4.69) is 6.92 Å². The van der Waals surface area contributed by atoms with Gasteiger partial charge in [-0.2, -0.15) is 0 Å². The Morgan fingerprint density at radius 2 is 2.17 bits per heavy atom. The zero-order valence-electron chi connectivity index (χ0n) is 10.3. The van der Waals surface area contributed by atoms with E-state index in [9.17, 15) is 4.79 Å². The Labute approximate surface area is 106 Å². The second-order valence-electron chi connectivity index (χ2n) is 4.68. The van der Waals surface area contributed by atoms with E-state index in [4.69, 9.17) is 4.42 Å². The number of carbonyl (C=O) groups excluding carboxylic acids is 1. The van der Waals surface area contributed by atoms with Crippen molar-refractivity contribution in [3.63, 3.8) is 0 Å². The van der Waals surface area contributed by atoms with Crippen LogP contribution in [0.25, 0.3) is 11.3 Å². The monoisotopic (exact) mass is 241 g/mol. The molecule has 0 bridgehead atoms. The number of benzene rings is 1. The molecule has 0 radical (unpaired) electrons. The summed E-state index contributed by atoms with van der Waals surface area (Å²) in [5.41, 5.74) is 1.96. The minimum Gasteiger partial charge on any atom is -0.464 e. The molecule has 0 N–H and O–H groups in total. The Morgan fingerprint density at radius 3 is 2.83 bits per heavy atom. The number of hydrogen-bond donors (Lipinski definition) is 0. The van der Waals surface area contributed by atoms with Gasteiger partial charge in [-0.3, -0.25) is 4.79 Å². The number of amides is 1. The third kappa shape index (κ3) is 1.82. The summed E-state index contributed by atoms with van der Waals surface area (Å²) in [5, 5.41) is 0. The van der Waals surface area contributed by atoms with Crippen LogP contribution < -0.4 is 4.90 Å². The van der Waals surface area contributed by atoms with Gasteiger partial charge in [-0.25, -0.2) is 0 Å². The van der Waals surface area contributed by atoms with Crippen LogP contribution in [0.15, 0.2) is 47.1 Å². The Morgan fingerprint density at radius 1 is 1.28 bits per heavy atom. The first kappa shape index (κ1) is 11.1. The summed E-state index contributed by atoms with van der Waals surface area (Å²) in [7, 11) is 0. The standard InChI is InChI=1S/C15H15NO2/c1-11-7-8-15(17)16(11)13-5-2-4-12(10-13)14-6-3-9-18-14/h2-6,9-11H,7-8H2,1H3. The van der Waals surface area contributed by atoms with Gasteiger partial charge in [-0.05, 0) is 37.6 Å². The van der Waals surface area contributed by atoms with E-state index in [1.54, 1.807) is 6.26 Å². The van der Waals surface area contributed by atoms with Crippen LogP contribution in [0, 0.1) is 0 Å². The van der Waals surface area contributed by atoms with Gasteiger partial charge in [0, 0.05) is 23.7 Å². The van der Waals surface area contributed by atoms with Gasteiger partial charge in [-0.15, -0.1) is 0 Å². The molecule has 1 atom stereocenters. The van der Waals surface area contributed by atoms with E-state index in [1.807, 2.05) is 41.3 Å². The molecule has 0 saturated carbocycles. The smallest absolute Gasteiger partial charge is 0.227 e. The van der Waals surface area contributed by atoms with Crippen LogP contribution in [0.1, 0.15) is 19.8 Å². The van der Waals surface area contributed by atoms with Crippen molar-refractivity contribution in [2.75, 3.05) is 4.90 Å². The molecular weight excluding hydrogens is 226 g/mol. The fourth-order valence-corrected chi connectivity index (χ4v) is 2.48. The molecule has 1 aliphatic rings. The summed E-state index contributed by atoms with van der Waals surface area (Å²) >= 11 is 0. The Hall–Kier alpha value is -2.03. The summed E-state index contributed by atoms with van der Waals surface area (Å²) in [4.78, 5) is 13.8. The number of carbonyl (C=O) groups is 1. The van der Waals surface area contributed by atoms with Crippen LogP contribution in [0.5, 0.6) is 0 Å². The third-order valence-electron chi connectivity index (χ3n) is 3.42. The Kier molecular flexibility index (Phi) is 2.67. The molecule has 3 rings (SSSR count). The predicted octanol–water partition coefficient (Wildman–Crippen LogP) is 3.46. The van der Waals surface area contributed by atoms with E-state index in [0.717, 1.165) is 23.4 Å². The van der Waals surface area contributed by atoms with Gasteiger partial charge in [0.2, 0.25) is 5.91 Å². The second kappa shape index (κ2) is 4.33. The van der Waals surface area contributed by atoms with E-state index in [1.165, 1.54) is 0 Å². The topological polar surface area (TPSA) is 33.5 Å². The van der Waals surface area contributed by atoms with Crippen molar-refractivity contribution in [2.24, 2.45) is 0 Å². The van der Waals surface area contributed by atoms with Crippen molar-refractivity contribution in [2.45, 2.75) is 25.8 Å². The highest BCUT2D eigenvalue weighted by Crippen LogP contribution is 2.30. The first-order chi connectivity index (χ1) is 8.75. The summed E-state index contributed by atoms with van der Waals surface area (Å²) in [6, 6.07) is 12.0. The number of rotatable bonds is 2. The van der Waals surface area contributed by atoms with Crippen molar-refractivity contribution < 1.29 is 9.21 Å². The molecular formula is C15H15NO2. The Bertz CT molecular complexity index is 560. The van der Waals surface area contributed by atoms with Gasteiger partial charge in [-0.1, -0.05) is 12.1 Å². The lowest BCUT2D eigenvalue weighted by Gasteiger charge is -2.22. The SMILES string of the molecule is CC1CCC(=O)N1c1cccc(-c2ccco2)c1. The van der Waals surface area contributed by atoms with Crippen LogP contribution in [0.3, 0.4) is 0 Å². The minimum absolute atomic E-state index is 0.207. The molecule has 0 spiro atoms. The van der Waals surface area contributed by atoms with Crippen molar-refractivity contribution in [3.05, 3.63) is 42.7 Å². The summed E-state index contributed by atoms with van der Waals surface area (Å²) in [6.07, 6.45) is 3.24. The lowest BCUT2D eigenvalue weighted by atomic mass is 10.1. The van der Waals surface area contributed by atoms with Crippen LogP contribution in [-0.4, -0.2) is 11.9 Å². The summed E-state index contributed by atoms with van der Waals surface area (Å²) in [6.45, 7) is 2.09. The second-order valence-corrected chi connectivity index (χ2v) is 4.68. The highest BCUT2D eigenvalue weighted by atomic mass is 16.3. The molecule has 1 unspecified atom stereocenters. The lowest BCUT2D eigenvalue weighted by Crippen LogP contribution is -2.30. The van der Waals surface area contributed by atoms with E-state index < -0.39 is 0 Å². The van der Waals surface area contributed by atoms with Gasteiger partial charge in [0.1, 0.15) is 5.76 Å². The van der Waals surface area contributed by atoms with E-state index >= 15 is 0 Å². The molecule has 0 aliphatic carbocycles. The number of anilines is 1. The van der Waals surface area contributed by atoms with Gasteiger partial charge < -0.3 is 9.32 Å². The fraction of sp³-hybridized carbons (Fsp3) is 0.267. The first-order valence-electron chi connectivity index (χ1n) is 6.22. The van der Waals surface area contributed by atoms with Crippen LogP contribution in [-0.2, 0) is 4.79 Å². The average Bonchev–Trinajstić information content (AvgIpc) is 3.00. The Balaban J connectivity index is 1.99. The molecule has 18 heavy (non-hydrogen) atoms. The zero-order chi connectivity index (χ0) is 12.5. The zero-order valence-corrected chi connectivity index (χ0v) is 10.3. The fourth-order valence-electron chi connectivity index (χ4n) is 2.48. The molecule has 92 valence electrons. The molecule has 2 aromatic rings. The highest BCUT2D eigenvalue weighted by Gasteiger charge is 2.28. The maximum atomic E-state index is 11.9. The molecule has 1 aromatic carbocycles. The highest BCUT2D eigenvalue weighted by molar-refractivity contribution is 5.96. The van der Waals surface area contributed by atoms with Gasteiger partial charge in [0.25, 0.3) is 0 Å². The molecule has 1 fully saturated rings. The van der Waals surface area contributed by atoms with E-state index in [-0.39, 0.29) is 11.9 Å². The minimum atomic E-state index is 0.207. The number of hydrogen-bond acceptors (Lipinski definition) is 2. The predicted molar refractivity (Wildman–Crippen MR) is 70.3 cm³/mol. The van der Waals surface area contributed by atoms with Gasteiger partial charge >= 0.3 is 0 Å².